The summed E-state index contributed by atoms with van der Waals surface area (Å²) in [4.78, 5) is 12.9. The molecular formula is C54H88O2. The average Bonchev–Trinajstić information content (AvgIpc) is 3.54. The van der Waals surface area contributed by atoms with Crippen molar-refractivity contribution < 1.29 is 9.53 Å². The third kappa shape index (κ3) is 14.0. The van der Waals surface area contributed by atoms with Crippen LogP contribution in [0.2, 0.25) is 0 Å². The van der Waals surface area contributed by atoms with E-state index in [1.165, 1.54) is 103 Å². The molecule has 0 amide bonds. The molecular weight excluding hydrogens is 681 g/mol. The van der Waals surface area contributed by atoms with E-state index in [2.05, 4.69) is 115 Å². The Bertz CT molecular complexity index is 1310. The predicted octanol–water partition coefficient (Wildman–Crippen LogP) is 16.4. The molecule has 0 radical (unpaired) electrons. The molecule has 3 saturated carbocycles. The zero-order valence-corrected chi connectivity index (χ0v) is 37.8. The van der Waals surface area contributed by atoms with Gasteiger partial charge in [-0.15, -0.1) is 0 Å². The Labute approximate surface area is 347 Å². The molecule has 3 fully saturated rings. The number of esters is 1. The van der Waals surface area contributed by atoms with Gasteiger partial charge in [-0.05, 0) is 149 Å². The number of unbranched alkanes of at least 4 members (excludes halogenated alkanes) is 10. The van der Waals surface area contributed by atoms with Gasteiger partial charge in [-0.3, -0.25) is 4.79 Å². The van der Waals surface area contributed by atoms with Crippen LogP contribution in [-0.4, -0.2) is 12.1 Å². The second-order valence-corrected chi connectivity index (χ2v) is 19.8. The fourth-order valence-corrected chi connectivity index (χ4v) is 11.6. The Morgan fingerprint density at radius 1 is 0.714 bits per heavy atom. The van der Waals surface area contributed by atoms with Gasteiger partial charge in [0.2, 0.25) is 0 Å². The molecule has 316 valence electrons. The van der Waals surface area contributed by atoms with Crippen LogP contribution in [-0.2, 0) is 9.53 Å². The summed E-state index contributed by atoms with van der Waals surface area (Å²) in [5, 5.41) is 0. The van der Waals surface area contributed by atoms with Gasteiger partial charge in [-0.1, -0.05) is 166 Å². The van der Waals surface area contributed by atoms with Crippen molar-refractivity contribution in [3.05, 3.63) is 72.4 Å². The molecule has 4 rings (SSSR count). The minimum Gasteiger partial charge on any atom is -0.462 e. The highest BCUT2D eigenvalue weighted by Crippen LogP contribution is 2.67. The van der Waals surface area contributed by atoms with Crippen molar-refractivity contribution in [3.8, 4) is 0 Å². The van der Waals surface area contributed by atoms with E-state index in [0.717, 1.165) is 68.6 Å². The summed E-state index contributed by atoms with van der Waals surface area (Å²) >= 11 is 0. The van der Waals surface area contributed by atoms with Crippen molar-refractivity contribution in [1.29, 1.82) is 0 Å². The van der Waals surface area contributed by atoms with Crippen molar-refractivity contribution in [2.45, 2.75) is 209 Å². The van der Waals surface area contributed by atoms with Crippen LogP contribution in [0.4, 0.5) is 0 Å². The minimum atomic E-state index is 0.0447. The summed E-state index contributed by atoms with van der Waals surface area (Å²) in [5.41, 5.74) is 2.42. The lowest BCUT2D eigenvalue weighted by Gasteiger charge is -2.58. The zero-order chi connectivity index (χ0) is 40.2. The predicted molar refractivity (Wildman–Crippen MR) is 243 cm³/mol. The highest BCUT2D eigenvalue weighted by molar-refractivity contribution is 5.69. The second kappa shape index (κ2) is 24.7. The molecule has 4 aliphatic carbocycles. The number of carbonyl (C=O) groups excluding carboxylic acids is 1. The first-order chi connectivity index (χ1) is 27.1. The van der Waals surface area contributed by atoms with E-state index in [-0.39, 0.29) is 12.1 Å². The lowest BCUT2D eigenvalue weighted by molar-refractivity contribution is -0.151. The first-order valence-electron chi connectivity index (χ1n) is 24.3. The minimum absolute atomic E-state index is 0.0447. The van der Waals surface area contributed by atoms with E-state index in [9.17, 15) is 4.79 Å². The quantitative estimate of drug-likeness (QED) is 0.0525. The summed E-state index contributed by atoms with van der Waals surface area (Å²) in [6, 6.07) is 0. The lowest BCUT2D eigenvalue weighted by atomic mass is 9.47. The van der Waals surface area contributed by atoms with E-state index >= 15 is 0 Å². The van der Waals surface area contributed by atoms with Gasteiger partial charge in [0.1, 0.15) is 6.10 Å². The molecule has 56 heavy (non-hydrogen) atoms. The van der Waals surface area contributed by atoms with Crippen molar-refractivity contribution in [1.82, 2.24) is 0 Å². The first-order valence-corrected chi connectivity index (χ1v) is 24.3. The molecule has 9 atom stereocenters. The van der Waals surface area contributed by atoms with Gasteiger partial charge in [-0.25, -0.2) is 0 Å². The highest BCUT2D eigenvalue weighted by Gasteiger charge is 2.59. The Kier molecular flexibility index (Phi) is 20.6. The maximum Gasteiger partial charge on any atom is 0.306 e. The van der Waals surface area contributed by atoms with E-state index in [0.29, 0.717) is 35.0 Å². The summed E-state index contributed by atoms with van der Waals surface area (Å²) in [7, 11) is 0. The third-order valence-corrected chi connectivity index (χ3v) is 15.5. The zero-order valence-electron chi connectivity index (χ0n) is 37.8. The third-order valence-electron chi connectivity index (χ3n) is 15.5. The van der Waals surface area contributed by atoms with Crippen LogP contribution in [0.3, 0.4) is 0 Å². The van der Waals surface area contributed by atoms with Gasteiger partial charge in [0.25, 0.3) is 0 Å². The van der Waals surface area contributed by atoms with Gasteiger partial charge in [0, 0.05) is 12.8 Å². The van der Waals surface area contributed by atoms with E-state index in [1.54, 1.807) is 5.57 Å². The van der Waals surface area contributed by atoms with Gasteiger partial charge in [0.15, 0.2) is 0 Å². The maximum atomic E-state index is 12.9. The van der Waals surface area contributed by atoms with E-state index < -0.39 is 0 Å². The molecule has 0 aromatic carbocycles. The average molecular weight is 769 g/mol. The Morgan fingerprint density at radius 3 is 1.96 bits per heavy atom. The van der Waals surface area contributed by atoms with Gasteiger partial charge >= 0.3 is 5.97 Å². The summed E-state index contributed by atoms with van der Waals surface area (Å²) in [6.07, 6.45) is 55.0. The molecule has 0 saturated heterocycles. The van der Waals surface area contributed by atoms with Crippen LogP contribution >= 0.6 is 0 Å². The molecule has 0 aromatic rings. The van der Waals surface area contributed by atoms with Gasteiger partial charge in [-0.2, -0.15) is 0 Å². The Morgan fingerprint density at radius 2 is 1.32 bits per heavy atom. The molecule has 0 bridgehead atoms. The summed E-state index contributed by atoms with van der Waals surface area (Å²) in [5.74, 6) is 5.43. The number of hydrogen-bond donors (Lipinski definition) is 0. The fraction of sp³-hybridized carbons (Fsp3) is 0.759. The Balaban J connectivity index is 1.03. The van der Waals surface area contributed by atoms with Crippen LogP contribution < -0.4 is 0 Å². The molecule has 2 nitrogen and oxygen atoms in total. The molecule has 0 spiro atoms. The van der Waals surface area contributed by atoms with Crippen molar-refractivity contribution >= 4 is 5.97 Å². The molecule has 4 aliphatic rings. The number of allylic oxidation sites excluding steroid dienone is 11. The number of hydrogen-bond acceptors (Lipinski definition) is 2. The van der Waals surface area contributed by atoms with Crippen molar-refractivity contribution in [2.75, 3.05) is 0 Å². The maximum absolute atomic E-state index is 12.9. The largest absolute Gasteiger partial charge is 0.462 e. The summed E-state index contributed by atoms with van der Waals surface area (Å²) < 4.78 is 6.15. The molecule has 0 aromatic heterocycles. The standard InChI is InChI=1S/C54H88O2/c1-8-9-10-11-12-13-14-15-16-17-18-19-20-21-22-23-24-25-26-27-28-29-30-31-52(55)56-47-38-40-53(6)46(42-47)34-35-48-50-37-36-49(54(50,7)41-39-51(48)53)45(5)33-32-44(4)43(2)3/h12-13,15-16,18-19,21-22,32-34,43-45,47-51H,8-11,14,17,20,23-31,35-42H2,1-7H3/b13-12-,16-15-,19-18-,22-21-,33-32+. The molecule has 0 N–H and O–H groups in total. The molecule has 9 unspecified atom stereocenters. The van der Waals surface area contributed by atoms with E-state index in [1.807, 2.05) is 0 Å². The first kappa shape index (κ1) is 46.6. The summed E-state index contributed by atoms with van der Waals surface area (Å²) in [6.45, 7) is 17.1. The SMILES string of the molecule is CCCCC/C=C\C/C=C\C/C=C\C/C=C\CCCCCCCCCC(=O)OC1CCC2(C)C(=CCC3C2CCC2(C)C(C(C)/C=C/C(C)C(C)C)CCC32)C1. The molecule has 0 heterocycles. The molecule has 0 aliphatic heterocycles. The van der Waals surface area contributed by atoms with E-state index in [4.69, 9.17) is 4.74 Å². The van der Waals surface area contributed by atoms with Crippen LogP contribution in [0.5, 0.6) is 0 Å². The fourth-order valence-electron chi connectivity index (χ4n) is 11.6. The molecule has 2 heteroatoms. The van der Waals surface area contributed by atoms with Gasteiger partial charge < -0.3 is 4.74 Å². The normalized spacial score (nSPS) is 30.4. The topological polar surface area (TPSA) is 26.3 Å². The Hall–Kier alpha value is -2.09. The number of rotatable bonds is 25. The smallest absolute Gasteiger partial charge is 0.306 e. The van der Waals surface area contributed by atoms with Crippen molar-refractivity contribution in [2.24, 2.45) is 52.3 Å². The second-order valence-electron chi connectivity index (χ2n) is 19.8. The number of ether oxygens (including phenoxy) is 1. The number of fused-ring (bicyclic) bond motifs is 5. The van der Waals surface area contributed by atoms with Crippen LogP contribution in [0.15, 0.2) is 72.4 Å². The lowest BCUT2D eigenvalue weighted by Crippen LogP contribution is -2.51. The van der Waals surface area contributed by atoms with Crippen molar-refractivity contribution in [3.63, 3.8) is 0 Å². The van der Waals surface area contributed by atoms with Gasteiger partial charge in [0.05, 0.1) is 0 Å². The van der Waals surface area contributed by atoms with Crippen LogP contribution in [0, 0.1) is 52.3 Å². The van der Waals surface area contributed by atoms with Crippen LogP contribution in [0.25, 0.3) is 0 Å². The van der Waals surface area contributed by atoms with Crippen LogP contribution in [0.1, 0.15) is 203 Å². The number of carbonyl (C=O) groups is 1. The highest BCUT2D eigenvalue weighted by atomic mass is 16.5. The monoisotopic (exact) mass is 769 g/mol.